The summed E-state index contributed by atoms with van der Waals surface area (Å²) in [6, 6.07) is 15.1. The number of rotatable bonds is 5. The molecule has 2 aromatic carbocycles. The number of carbonyl (C=O) groups excluding carboxylic acids is 1. The monoisotopic (exact) mass is 460 g/mol. The summed E-state index contributed by atoms with van der Waals surface area (Å²) in [5.41, 5.74) is 2.15. The van der Waals surface area contributed by atoms with E-state index in [9.17, 15) is 9.90 Å². The number of para-hydroxylation sites is 2. The molecule has 2 atom stereocenters. The molecule has 7 heteroatoms. The Bertz CT molecular complexity index is 1280. The van der Waals surface area contributed by atoms with Gasteiger partial charge in [0.1, 0.15) is 5.75 Å². The van der Waals surface area contributed by atoms with Gasteiger partial charge in [0.2, 0.25) is 5.88 Å². The number of benzene rings is 2. The summed E-state index contributed by atoms with van der Waals surface area (Å²) >= 11 is 0. The molecule has 1 aromatic heterocycles. The van der Waals surface area contributed by atoms with Crippen molar-refractivity contribution < 1.29 is 14.6 Å². The summed E-state index contributed by atoms with van der Waals surface area (Å²) in [4.78, 5) is 15.2. The number of carbonyl (C=O) groups is 1. The van der Waals surface area contributed by atoms with Crippen LogP contribution in [0.4, 0.5) is 5.69 Å². The van der Waals surface area contributed by atoms with Crippen LogP contribution in [0.5, 0.6) is 11.6 Å². The van der Waals surface area contributed by atoms with Gasteiger partial charge in [0.15, 0.2) is 5.69 Å². The second kappa shape index (κ2) is 8.24. The largest absolute Gasteiger partial charge is 0.496 e. The van der Waals surface area contributed by atoms with Crippen LogP contribution >= 0.6 is 0 Å². The summed E-state index contributed by atoms with van der Waals surface area (Å²) in [6.07, 6.45) is 3.56. The van der Waals surface area contributed by atoms with Crippen LogP contribution in [0.25, 0.3) is 10.9 Å². The number of nitrogens with zero attached hydrogens (tertiary/aromatic N) is 4. The number of aromatic nitrogens is 1. The molecule has 2 heterocycles. The zero-order valence-corrected chi connectivity index (χ0v) is 20.3. The van der Waals surface area contributed by atoms with Gasteiger partial charge in [-0.1, -0.05) is 51.1 Å². The highest BCUT2D eigenvalue weighted by molar-refractivity contribution is 5.98. The van der Waals surface area contributed by atoms with Crippen LogP contribution in [0.3, 0.4) is 0 Å². The van der Waals surface area contributed by atoms with Crippen LogP contribution in [0, 0.1) is 10.8 Å². The third kappa shape index (κ3) is 3.98. The van der Waals surface area contributed by atoms with Crippen molar-refractivity contribution >= 4 is 22.5 Å². The fourth-order valence-corrected chi connectivity index (χ4v) is 6.41. The maximum absolute atomic E-state index is 12.7. The Balaban J connectivity index is 1.47. The van der Waals surface area contributed by atoms with Crippen LogP contribution in [0.2, 0.25) is 0 Å². The first-order valence-electron chi connectivity index (χ1n) is 11.8. The topological polar surface area (TPSA) is 79.4 Å². The van der Waals surface area contributed by atoms with E-state index < -0.39 is 5.91 Å². The van der Waals surface area contributed by atoms with Crippen LogP contribution in [0.1, 0.15) is 50.4 Å². The lowest BCUT2D eigenvalue weighted by Crippen LogP contribution is -2.35. The fraction of sp³-hybridized carbons (Fsp3) is 0.444. The second-order valence-electron chi connectivity index (χ2n) is 10.9. The standard InChI is InChI=1S/C27H32N4O3/c1-26(2)13-18-14-27(3,15-26)16-30(18)17-31-21-11-7-5-9-19(21)23(25(31)33)28-29-24(32)20-10-6-8-12-22(20)34-4/h5-12,18,33H,13-17H2,1-4H3/t18-,27+/m0/s1. The third-order valence-corrected chi connectivity index (χ3v) is 7.34. The van der Waals surface area contributed by atoms with Gasteiger partial charge in [0.25, 0.3) is 5.91 Å². The zero-order valence-electron chi connectivity index (χ0n) is 20.3. The van der Waals surface area contributed by atoms with E-state index in [0.29, 0.717) is 40.5 Å². The molecule has 2 fully saturated rings. The highest BCUT2D eigenvalue weighted by atomic mass is 16.5. The Kier molecular flexibility index (Phi) is 5.47. The van der Waals surface area contributed by atoms with Crippen molar-refractivity contribution in [1.82, 2.24) is 9.47 Å². The molecule has 178 valence electrons. The number of hydrogen-bond acceptors (Lipinski definition) is 5. The van der Waals surface area contributed by atoms with E-state index in [1.165, 1.54) is 20.0 Å². The average Bonchev–Trinajstić information content (AvgIpc) is 3.20. The van der Waals surface area contributed by atoms with Gasteiger partial charge in [-0.3, -0.25) is 14.3 Å². The van der Waals surface area contributed by atoms with Crippen molar-refractivity contribution in [1.29, 1.82) is 0 Å². The van der Waals surface area contributed by atoms with Crippen molar-refractivity contribution in [3.05, 3.63) is 54.1 Å². The molecule has 0 spiro atoms. The zero-order chi connectivity index (χ0) is 24.1. The Morgan fingerprint density at radius 3 is 2.65 bits per heavy atom. The van der Waals surface area contributed by atoms with E-state index in [2.05, 4.69) is 35.9 Å². The Hall–Kier alpha value is -3.19. The van der Waals surface area contributed by atoms with Crippen molar-refractivity contribution in [2.24, 2.45) is 21.1 Å². The van der Waals surface area contributed by atoms with Crippen LogP contribution < -0.4 is 4.74 Å². The molecule has 0 radical (unpaired) electrons. The van der Waals surface area contributed by atoms with E-state index in [0.717, 1.165) is 23.9 Å². The van der Waals surface area contributed by atoms with E-state index in [1.807, 2.05) is 28.8 Å². The van der Waals surface area contributed by atoms with Crippen molar-refractivity contribution in [2.45, 2.75) is 52.7 Å². The van der Waals surface area contributed by atoms with E-state index in [1.54, 1.807) is 24.3 Å². The Labute approximate surface area is 200 Å². The van der Waals surface area contributed by atoms with E-state index >= 15 is 0 Å². The number of methoxy groups -OCH3 is 1. The lowest BCUT2D eigenvalue weighted by molar-refractivity contribution is 0.0992. The molecule has 34 heavy (non-hydrogen) atoms. The summed E-state index contributed by atoms with van der Waals surface area (Å²) in [5, 5.41) is 20.1. The molecule has 1 aliphatic heterocycles. The van der Waals surface area contributed by atoms with Gasteiger partial charge in [-0.15, -0.1) is 10.2 Å². The second-order valence-corrected chi connectivity index (χ2v) is 10.9. The van der Waals surface area contributed by atoms with Crippen LogP contribution in [-0.4, -0.2) is 40.2 Å². The molecule has 3 aromatic rings. The highest BCUT2D eigenvalue weighted by Gasteiger charge is 2.49. The first-order valence-corrected chi connectivity index (χ1v) is 11.8. The minimum absolute atomic E-state index is 0.0311. The van der Waals surface area contributed by atoms with Gasteiger partial charge in [0, 0.05) is 18.0 Å². The molecule has 1 saturated carbocycles. The van der Waals surface area contributed by atoms with Crippen molar-refractivity contribution in [3.8, 4) is 11.6 Å². The predicted molar refractivity (Wildman–Crippen MR) is 132 cm³/mol. The van der Waals surface area contributed by atoms with Gasteiger partial charge >= 0.3 is 0 Å². The third-order valence-electron chi connectivity index (χ3n) is 7.34. The Morgan fingerprint density at radius 1 is 1.12 bits per heavy atom. The molecule has 2 bridgehead atoms. The summed E-state index contributed by atoms with van der Waals surface area (Å²) in [5.74, 6) is -0.0458. The number of azo groups is 1. The molecule has 2 aliphatic rings. The maximum atomic E-state index is 12.7. The van der Waals surface area contributed by atoms with Gasteiger partial charge in [-0.05, 0) is 48.3 Å². The van der Waals surface area contributed by atoms with Gasteiger partial charge < -0.3 is 9.84 Å². The molecule has 0 unspecified atom stereocenters. The van der Waals surface area contributed by atoms with Crippen molar-refractivity contribution in [2.75, 3.05) is 13.7 Å². The summed E-state index contributed by atoms with van der Waals surface area (Å²) < 4.78 is 7.16. The molecular formula is C27H32N4O3. The normalized spacial score (nSPS) is 24.2. The number of fused-ring (bicyclic) bond motifs is 3. The molecular weight excluding hydrogens is 428 g/mol. The molecule has 1 aliphatic carbocycles. The highest BCUT2D eigenvalue weighted by Crippen LogP contribution is 2.53. The van der Waals surface area contributed by atoms with Crippen molar-refractivity contribution in [3.63, 3.8) is 0 Å². The molecule has 1 N–H and O–H groups in total. The number of ether oxygens (including phenoxy) is 1. The maximum Gasteiger partial charge on any atom is 0.299 e. The summed E-state index contributed by atoms with van der Waals surface area (Å²) in [6.45, 7) is 8.70. The fourth-order valence-electron chi connectivity index (χ4n) is 6.41. The molecule has 7 nitrogen and oxygen atoms in total. The SMILES string of the molecule is COc1ccccc1C(=O)N=Nc1c(O)n(CN2C[C@]3(C)C[C@@H]2CC(C)(C)C3)c2ccccc12. The first kappa shape index (κ1) is 22.6. The minimum atomic E-state index is -0.517. The average molecular weight is 461 g/mol. The quantitative estimate of drug-likeness (QED) is 0.464. The minimum Gasteiger partial charge on any atom is -0.496 e. The van der Waals surface area contributed by atoms with Crippen LogP contribution in [0.15, 0.2) is 58.8 Å². The van der Waals surface area contributed by atoms with E-state index in [-0.39, 0.29) is 5.88 Å². The number of aromatic hydroxyl groups is 1. The molecule has 5 rings (SSSR count). The lowest BCUT2D eigenvalue weighted by Gasteiger charge is -2.40. The predicted octanol–water partition coefficient (Wildman–Crippen LogP) is 6.14. The smallest absolute Gasteiger partial charge is 0.299 e. The number of likely N-dealkylation sites (tertiary alicyclic amines) is 1. The number of hydrogen-bond donors (Lipinski definition) is 1. The molecule has 1 saturated heterocycles. The molecule has 1 amide bonds. The first-order chi connectivity index (χ1) is 16.2. The van der Waals surface area contributed by atoms with E-state index in [4.69, 9.17) is 4.74 Å². The van der Waals surface area contributed by atoms with Gasteiger partial charge in [-0.25, -0.2) is 0 Å². The van der Waals surface area contributed by atoms with Gasteiger partial charge in [-0.2, -0.15) is 0 Å². The Morgan fingerprint density at radius 2 is 1.85 bits per heavy atom. The number of amides is 1. The lowest BCUT2D eigenvalue weighted by atomic mass is 9.65. The van der Waals surface area contributed by atoms with Gasteiger partial charge in [0.05, 0.1) is 24.9 Å². The van der Waals surface area contributed by atoms with Crippen LogP contribution in [-0.2, 0) is 6.67 Å². The summed E-state index contributed by atoms with van der Waals surface area (Å²) in [7, 11) is 1.51.